The van der Waals surface area contributed by atoms with E-state index < -0.39 is 35.4 Å². The SMILES string of the molecule is Cc1cc(F)ccc1NC(=O)c1cc(Cl)c(-n2nc3n(c2=O)CCCC3)cc1O[C@@H](C)C(F)(F)F. The lowest BCUT2D eigenvalue weighted by Gasteiger charge is -2.21. The second kappa shape index (κ2) is 9.37. The van der Waals surface area contributed by atoms with Crippen molar-refractivity contribution in [3.05, 3.63) is 68.6 Å². The summed E-state index contributed by atoms with van der Waals surface area (Å²) < 4.78 is 60.8. The first-order chi connectivity index (χ1) is 16.5. The summed E-state index contributed by atoms with van der Waals surface area (Å²) in [5.41, 5.74) is -0.143. The molecule has 0 radical (unpaired) electrons. The van der Waals surface area contributed by atoms with Crippen molar-refractivity contribution in [1.29, 1.82) is 0 Å². The smallest absolute Gasteiger partial charge is 0.425 e. The highest BCUT2D eigenvalue weighted by Crippen LogP contribution is 2.33. The molecule has 0 saturated carbocycles. The summed E-state index contributed by atoms with van der Waals surface area (Å²) in [4.78, 5) is 25.9. The van der Waals surface area contributed by atoms with Crippen molar-refractivity contribution >= 4 is 23.2 Å². The number of fused-ring (bicyclic) bond motifs is 1. The molecule has 1 aromatic heterocycles. The number of anilines is 1. The topological polar surface area (TPSA) is 78.2 Å². The van der Waals surface area contributed by atoms with Crippen LogP contribution in [0, 0.1) is 12.7 Å². The number of rotatable bonds is 5. The number of aromatic nitrogens is 3. The van der Waals surface area contributed by atoms with Crippen molar-refractivity contribution in [2.45, 2.75) is 51.9 Å². The number of ether oxygens (including phenoxy) is 1. The van der Waals surface area contributed by atoms with Gasteiger partial charge in [0.1, 0.15) is 17.4 Å². The summed E-state index contributed by atoms with van der Waals surface area (Å²) in [6.07, 6.45) is -4.76. The number of hydrogen-bond acceptors (Lipinski definition) is 4. The Morgan fingerprint density at radius 1 is 1.23 bits per heavy atom. The molecule has 3 aromatic rings. The van der Waals surface area contributed by atoms with Crippen LogP contribution in [0.2, 0.25) is 5.02 Å². The molecule has 12 heteroatoms. The van der Waals surface area contributed by atoms with Gasteiger partial charge in [0.2, 0.25) is 0 Å². The number of hydrogen-bond donors (Lipinski definition) is 1. The minimum absolute atomic E-state index is 0.0162. The highest BCUT2D eigenvalue weighted by molar-refractivity contribution is 6.33. The number of carbonyl (C=O) groups excluding carboxylic acids is 1. The van der Waals surface area contributed by atoms with Gasteiger partial charge in [0, 0.05) is 24.7 Å². The molecule has 0 fully saturated rings. The van der Waals surface area contributed by atoms with Gasteiger partial charge in [-0.25, -0.2) is 9.18 Å². The molecule has 35 heavy (non-hydrogen) atoms. The van der Waals surface area contributed by atoms with E-state index in [4.69, 9.17) is 16.3 Å². The van der Waals surface area contributed by atoms with Crippen molar-refractivity contribution in [2.75, 3.05) is 5.32 Å². The van der Waals surface area contributed by atoms with Crippen LogP contribution in [0.1, 0.15) is 41.5 Å². The van der Waals surface area contributed by atoms with Crippen molar-refractivity contribution in [3.8, 4) is 11.4 Å². The number of halogens is 5. The summed E-state index contributed by atoms with van der Waals surface area (Å²) in [6.45, 7) is 2.82. The average molecular weight is 513 g/mol. The normalized spacial score (nSPS) is 14.4. The molecule has 0 saturated heterocycles. The summed E-state index contributed by atoms with van der Waals surface area (Å²) in [7, 11) is 0. The molecular weight excluding hydrogens is 492 g/mol. The van der Waals surface area contributed by atoms with Gasteiger partial charge in [0.15, 0.2) is 6.10 Å². The number of amides is 1. The van der Waals surface area contributed by atoms with Crippen LogP contribution in [0.5, 0.6) is 5.75 Å². The molecule has 1 N–H and O–H groups in total. The summed E-state index contributed by atoms with van der Waals surface area (Å²) in [5, 5.41) is 6.72. The van der Waals surface area contributed by atoms with Gasteiger partial charge in [-0.05, 0) is 56.5 Å². The largest absolute Gasteiger partial charge is 0.480 e. The summed E-state index contributed by atoms with van der Waals surface area (Å²) in [5.74, 6) is -1.24. The molecule has 186 valence electrons. The molecule has 0 aliphatic carbocycles. The minimum Gasteiger partial charge on any atom is -0.480 e. The summed E-state index contributed by atoms with van der Waals surface area (Å²) >= 11 is 6.38. The predicted octanol–water partition coefficient (Wildman–Crippen LogP) is 5.05. The first kappa shape index (κ1) is 24.8. The van der Waals surface area contributed by atoms with Crippen molar-refractivity contribution in [2.24, 2.45) is 0 Å². The zero-order valence-electron chi connectivity index (χ0n) is 18.7. The number of nitrogens with one attached hydrogen (secondary N) is 1. The third-order valence-electron chi connectivity index (χ3n) is 5.69. The number of carbonyl (C=O) groups is 1. The van der Waals surface area contributed by atoms with Crippen molar-refractivity contribution < 1.29 is 27.1 Å². The second-order valence-corrected chi connectivity index (χ2v) is 8.64. The molecule has 2 aromatic carbocycles. The molecule has 1 atom stereocenters. The Kier molecular flexibility index (Phi) is 6.63. The minimum atomic E-state index is -4.72. The molecule has 0 unspecified atom stereocenters. The molecule has 0 spiro atoms. The van der Waals surface area contributed by atoms with Crippen molar-refractivity contribution in [3.63, 3.8) is 0 Å². The quantitative estimate of drug-likeness (QED) is 0.485. The number of benzene rings is 2. The molecule has 1 amide bonds. The Morgan fingerprint density at radius 3 is 2.63 bits per heavy atom. The van der Waals surface area contributed by atoms with E-state index in [1.807, 2.05) is 0 Å². The van der Waals surface area contributed by atoms with Gasteiger partial charge < -0.3 is 10.1 Å². The van der Waals surface area contributed by atoms with Crippen LogP contribution in [0.25, 0.3) is 5.69 Å². The predicted molar refractivity (Wildman–Crippen MR) is 121 cm³/mol. The lowest BCUT2D eigenvalue weighted by molar-refractivity contribution is -0.189. The van der Waals surface area contributed by atoms with Crippen LogP contribution in [-0.2, 0) is 13.0 Å². The number of aryl methyl sites for hydroxylation is 2. The van der Waals surface area contributed by atoms with E-state index in [-0.39, 0.29) is 22.0 Å². The Bertz CT molecular complexity index is 1350. The zero-order valence-corrected chi connectivity index (χ0v) is 19.5. The van der Waals surface area contributed by atoms with E-state index >= 15 is 0 Å². The van der Waals surface area contributed by atoms with Crippen LogP contribution in [0.3, 0.4) is 0 Å². The maximum absolute atomic E-state index is 13.4. The maximum atomic E-state index is 13.4. The van der Waals surface area contributed by atoms with E-state index in [1.165, 1.54) is 16.7 Å². The Hall–Kier alpha value is -3.34. The fraction of sp³-hybridized carbons (Fsp3) is 0.348. The van der Waals surface area contributed by atoms with Gasteiger partial charge >= 0.3 is 11.9 Å². The zero-order chi connectivity index (χ0) is 25.5. The fourth-order valence-electron chi connectivity index (χ4n) is 3.75. The Morgan fingerprint density at radius 2 is 1.97 bits per heavy atom. The van der Waals surface area contributed by atoms with Crippen LogP contribution in [0.4, 0.5) is 23.2 Å². The van der Waals surface area contributed by atoms with Crippen LogP contribution in [0.15, 0.2) is 35.1 Å². The summed E-state index contributed by atoms with van der Waals surface area (Å²) in [6, 6.07) is 5.87. The highest BCUT2D eigenvalue weighted by atomic mass is 35.5. The highest BCUT2D eigenvalue weighted by Gasteiger charge is 2.39. The third-order valence-corrected chi connectivity index (χ3v) is 6.00. The second-order valence-electron chi connectivity index (χ2n) is 8.23. The van der Waals surface area contributed by atoms with E-state index in [2.05, 4.69) is 10.4 Å². The standard InChI is InChI=1S/C23H21ClF4N4O3/c1-12-9-14(25)6-7-17(12)29-21(33)15-10-16(24)18(11-19(15)35-13(2)23(26,27)28)32-22(34)31-8-4-3-5-20(31)30-32/h6-7,9-11,13H,3-5,8H2,1-2H3,(H,29,33)/t13-/m0/s1. The van der Waals surface area contributed by atoms with Crippen molar-refractivity contribution in [1.82, 2.24) is 14.3 Å². The first-order valence-corrected chi connectivity index (χ1v) is 11.2. The molecule has 4 rings (SSSR count). The Balaban J connectivity index is 1.79. The van der Waals surface area contributed by atoms with Gasteiger partial charge in [0.05, 0.1) is 16.3 Å². The molecule has 1 aliphatic rings. The van der Waals surface area contributed by atoms with Gasteiger partial charge in [-0.15, -0.1) is 5.10 Å². The maximum Gasteiger partial charge on any atom is 0.425 e. The number of nitrogens with zero attached hydrogens (tertiary/aromatic N) is 3. The Labute approximate surface area is 202 Å². The average Bonchev–Trinajstić information content (AvgIpc) is 3.12. The van der Waals surface area contributed by atoms with Gasteiger partial charge in [-0.2, -0.15) is 17.9 Å². The van der Waals surface area contributed by atoms with E-state index in [0.717, 1.165) is 42.6 Å². The van der Waals surface area contributed by atoms with E-state index in [1.54, 1.807) is 6.92 Å². The van der Waals surface area contributed by atoms with Gasteiger partial charge in [0.25, 0.3) is 5.91 Å². The lowest BCUT2D eigenvalue weighted by Crippen LogP contribution is -2.32. The van der Waals surface area contributed by atoms with Crippen LogP contribution in [-0.4, -0.2) is 32.5 Å². The lowest BCUT2D eigenvalue weighted by atomic mass is 10.1. The van der Waals surface area contributed by atoms with Crippen LogP contribution >= 0.6 is 11.6 Å². The van der Waals surface area contributed by atoms with Gasteiger partial charge in [-0.3, -0.25) is 9.36 Å². The first-order valence-electron chi connectivity index (χ1n) is 10.8. The third kappa shape index (κ3) is 5.04. The van der Waals surface area contributed by atoms with Gasteiger partial charge in [-0.1, -0.05) is 11.6 Å². The van der Waals surface area contributed by atoms with E-state index in [9.17, 15) is 27.2 Å². The molecule has 2 heterocycles. The van der Waals surface area contributed by atoms with E-state index in [0.29, 0.717) is 24.4 Å². The molecule has 0 bridgehead atoms. The van der Waals surface area contributed by atoms with Crippen LogP contribution < -0.4 is 15.7 Å². The fourth-order valence-corrected chi connectivity index (χ4v) is 3.99. The molecule has 7 nitrogen and oxygen atoms in total. The molecular formula is C23H21ClF4N4O3. The number of alkyl halides is 3. The monoisotopic (exact) mass is 512 g/mol. The molecule has 1 aliphatic heterocycles.